The van der Waals surface area contributed by atoms with Gasteiger partial charge in [0.1, 0.15) is 0 Å². The molecule has 0 N–H and O–H groups in total. The molecule has 0 aromatic heterocycles. The van der Waals surface area contributed by atoms with Gasteiger partial charge in [0.25, 0.3) is 5.91 Å². The molecule has 2 aliphatic rings. The zero-order valence-electron chi connectivity index (χ0n) is 13.0. The number of carbonyl (C=O) groups is 1. The summed E-state index contributed by atoms with van der Waals surface area (Å²) in [5.41, 5.74) is 5.41. The van der Waals surface area contributed by atoms with Crippen LogP contribution in [0.4, 0.5) is 5.69 Å². The van der Waals surface area contributed by atoms with Crippen LogP contribution in [0.1, 0.15) is 31.2 Å². The molecule has 0 fully saturated rings. The number of carbonyl (C=O) groups excluding carboxylic acids is 1. The maximum atomic E-state index is 13.0. The van der Waals surface area contributed by atoms with Gasteiger partial charge in [0, 0.05) is 11.3 Å². The fraction of sp³-hybridized carbons (Fsp3) is 0.190. The zero-order chi connectivity index (χ0) is 15.6. The number of nitrogens with zero attached hydrogens (tertiary/aromatic N) is 1. The van der Waals surface area contributed by atoms with Crippen molar-refractivity contribution in [1.29, 1.82) is 0 Å². The quantitative estimate of drug-likeness (QED) is 0.769. The third-order valence-electron chi connectivity index (χ3n) is 4.60. The van der Waals surface area contributed by atoms with Crippen molar-refractivity contribution in [2.75, 3.05) is 4.90 Å². The van der Waals surface area contributed by atoms with Crippen LogP contribution in [0.2, 0.25) is 0 Å². The van der Waals surface area contributed by atoms with Gasteiger partial charge in [-0.25, -0.2) is 0 Å². The molecule has 114 valence electrons. The van der Waals surface area contributed by atoms with Gasteiger partial charge in [0.2, 0.25) is 0 Å². The summed E-state index contributed by atoms with van der Waals surface area (Å²) in [4.78, 5) is 14.9. The standard InChI is InChI=1S/C21H19NO/c23-21-19-14-8-7-13-18(19)20(15-16-9-3-1-4-10-16)22(21)17-11-5-2-6-12-17/h1-6,9-12,15H,7-8,13-14H2/b20-15+. The first kappa shape index (κ1) is 14.0. The minimum absolute atomic E-state index is 0.160. The highest BCUT2D eigenvalue weighted by molar-refractivity contribution is 6.14. The Hall–Kier alpha value is -2.61. The molecule has 0 unspecified atom stereocenters. The first-order chi connectivity index (χ1) is 11.3. The van der Waals surface area contributed by atoms with Crippen LogP contribution < -0.4 is 4.90 Å². The number of amides is 1. The molecule has 1 aliphatic heterocycles. The maximum Gasteiger partial charge on any atom is 0.259 e. The van der Waals surface area contributed by atoms with Crippen molar-refractivity contribution in [3.05, 3.63) is 83.1 Å². The average molecular weight is 301 g/mol. The summed E-state index contributed by atoms with van der Waals surface area (Å²) in [7, 11) is 0. The second-order valence-electron chi connectivity index (χ2n) is 6.08. The lowest BCUT2D eigenvalue weighted by atomic mass is 9.92. The van der Waals surface area contributed by atoms with Crippen molar-refractivity contribution >= 4 is 17.7 Å². The summed E-state index contributed by atoms with van der Waals surface area (Å²) in [6.07, 6.45) is 6.35. The minimum atomic E-state index is 0.160. The van der Waals surface area contributed by atoms with Crippen molar-refractivity contribution in [2.24, 2.45) is 0 Å². The van der Waals surface area contributed by atoms with Gasteiger partial charge >= 0.3 is 0 Å². The molecular formula is C21H19NO. The summed E-state index contributed by atoms with van der Waals surface area (Å²) in [6, 6.07) is 20.2. The van der Waals surface area contributed by atoms with Crippen molar-refractivity contribution in [3.8, 4) is 0 Å². The molecule has 0 bridgehead atoms. The number of para-hydroxylation sites is 1. The first-order valence-corrected chi connectivity index (χ1v) is 8.23. The number of hydrogen-bond acceptors (Lipinski definition) is 1. The predicted octanol–water partition coefficient (Wildman–Crippen LogP) is 4.94. The maximum absolute atomic E-state index is 13.0. The van der Waals surface area contributed by atoms with Gasteiger partial charge in [-0.15, -0.1) is 0 Å². The number of hydrogen-bond donors (Lipinski definition) is 0. The molecular weight excluding hydrogens is 282 g/mol. The van der Waals surface area contributed by atoms with E-state index < -0.39 is 0 Å². The van der Waals surface area contributed by atoms with Gasteiger partial charge in [-0.1, -0.05) is 48.5 Å². The zero-order valence-corrected chi connectivity index (χ0v) is 13.0. The van der Waals surface area contributed by atoms with Gasteiger partial charge in [-0.2, -0.15) is 0 Å². The molecule has 0 atom stereocenters. The Kier molecular flexibility index (Phi) is 3.58. The third kappa shape index (κ3) is 2.50. The molecule has 2 aromatic carbocycles. The Labute approximate surface area is 136 Å². The van der Waals surface area contributed by atoms with Crippen molar-refractivity contribution < 1.29 is 4.79 Å². The first-order valence-electron chi connectivity index (χ1n) is 8.23. The predicted molar refractivity (Wildman–Crippen MR) is 93.8 cm³/mol. The molecule has 0 saturated carbocycles. The fourth-order valence-corrected chi connectivity index (χ4v) is 3.50. The van der Waals surface area contributed by atoms with E-state index in [1.54, 1.807) is 0 Å². The highest BCUT2D eigenvalue weighted by atomic mass is 16.2. The van der Waals surface area contributed by atoms with Crippen LogP contribution >= 0.6 is 0 Å². The normalized spacial score (nSPS) is 19.4. The lowest BCUT2D eigenvalue weighted by Gasteiger charge is -2.20. The van der Waals surface area contributed by atoms with E-state index in [2.05, 4.69) is 18.2 Å². The van der Waals surface area contributed by atoms with Crippen LogP contribution in [0.5, 0.6) is 0 Å². The largest absolute Gasteiger partial charge is 0.277 e. The van der Waals surface area contributed by atoms with E-state index >= 15 is 0 Å². The molecule has 0 saturated heterocycles. The summed E-state index contributed by atoms with van der Waals surface area (Å²) >= 11 is 0. The molecule has 4 rings (SSSR count). The van der Waals surface area contributed by atoms with Crippen LogP contribution in [0, 0.1) is 0 Å². The SMILES string of the molecule is O=C1C2=C(CCCC2)/C(=C\c2ccccc2)N1c1ccccc1. The van der Waals surface area contributed by atoms with Crippen molar-refractivity contribution in [2.45, 2.75) is 25.7 Å². The Morgan fingerprint density at radius 1 is 0.783 bits per heavy atom. The minimum Gasteiger partial charge on any atom is -0.277 e. The molecule has 0 radical (unpaired) electrons. The summed E-state index contributed by atoms with van der Waals surface area (Å²) in [5, 5.41) is 0. The van der Waals surface area contributed by atoms with Gasteiger partial charge in [0.05, 0.1) is 5.70 Å². The molecule has 1 heterocycles. The Morgan fingerprint density at radius 2 is 1.39 bits per heavy atom. The number of rotatable bonds is 2. The smallest absolute Gasteiger partial charge is 0.259 e. The summed E-state index contributed by atoms with van der Waals surface area (Å²) in [6.45, 7) is 0. The topological polar surface area (TPSA) is 20.3 Å². The summed E-state index contributed by atoms with van der Waals surface area (Å²) < 4.78 is 0. The Bertz CT molecular complexity index is 787. The van der Waals surface area contributed by atoms with Crippen LogP contribution in [-0.2, 0) is 4.79 Å². The molecule has 2 nitrogen and oxygen atoms in total. The molecule has 1 aliphatic carbocycles. The van der Waals surface area contributed by atoms with Crippen molar-refractivity contribution in [3.63, 3.8) is 0 Å². The van der Waals surface area contributed by atoms with Crippen LogP contribution in [0.25, 0.3) is 6.08 Å². The average Bonchev–Trinajstić information content (AvgIpc) is 2.89. The molecule has 0 spiro atoms. The van der Waals surface area contributed by atoms with E-state index in [1.165, 1.54) is 12.0 Å². The molecule has 23 heavy (non-hydrogen) atoms. The van der Waals surface area contributed by atoms with E-state index in [4.69, 9.17) is 0 Å². The Balaban J connectivity index is 1.85. The highest BCUT2D eigenvalue weighted by Gasteiger charge is 2.36. The van der Waals surface area contributed by atoms with Crippen LogP contribution in [0.15, 0.2) is 77.5 Å². The van der Waals surface area contributed by atoms with E-state index in [0.717, 1.165) is 41.8 Å². The fourth-order valence-electron chi connectivity index (χ4n) is 3.50. The monoisotopic (exact) mass is 301 g/mol. The van der Waals surface area contributed by atoms with E-state index in [1.807, 2.05) is 53.4 Å². The van der Waals surface area contributed by atoms with E-state index in [-0.39, 0.29) is 5.91 Å². The van der Waals surface area contributed by atoms with Crippen LogP contribution in [0.3, 0.4) is 0 Å². The van der Waals surface area contributed by atoms with E-state index in [0.29, 0.717) is 0 Å². The number of allylic oxidation sites excluding steroid dienone is 1. The molecule has 2 aromatic rings. The summed E-state index contributed by atoms with van der Waals surface area (Å²) in [5.74, 6) is 0.160. The third-order valence-corrected chi connectivity index (χ3v) is 4.60. The van der Waals surface area contributed by atoms with Gasteiger partial charge in [-0.05, 0) is 55.0 Å². The Morgan fingerprint density at radius 3 is 2.09 bits per heavy atom. The van der Waals surface area contributed by atoms with Gasteiger partial charge < -0.3 is 0 Å². The lowest BCUT2D eigenvalue weighted by Crippen LogP contribution is -2.25. The molecule has 1 amide bonds. The van der Waals surface area contributed by atoms with Crippen molar-refractivity contribution in [1.82, 2.24) is 0 Å². The van der Waals surface area contributed by atoms with Gasteiger partial charge in [-0.3, -0.25) is 9.69 Å². The second kappa shape index (κ2) is 5.88. The lowest BCUT2D eigenvalue weighted by molar-refractivity contribution is -0.114. The number of benzene rings is 2. The molecule has 2 heteroatoms. The van der Waals surface area contributed by atoms with E-state index in [9.17, 15) is 4.79 Å². The van der Waals surface area contributed by atoms with Crippen LogP contribution in [-0.4, -0.2) is 5.91 Å². The second-order valence-corrected chi connectivity index (χ2v) is 6.08. The van der Waals surface area contributed by atoms with Gasteiger partial charge in [0.15, 0.2) is 0 Å². The highest BCUT2D eigenvalue weighted by Crippen LogP contribution is 2.41. The number of anilines is 1.